The van der Waals surface area contributed by atoms with Gasteiger partial charge in [0.2, 0.25) is 0 Å². The number of hydrogen-bond donors (Lipinski definition) is 0. The minimum absolute atomic E-state index is 0.309. The largest absolute Gasteiger partial charge is 0.299 e. The lowest BCUT2D eigenvalue weighted by Gasteiger charge is -2.16. The molecule has 1 heteroatoms. The van der Waals surface area contributed by atoms with Crippen molar-refractivity contribution in [3.05, 3.63) is 83.9 Å². The van der Waals surface area contributed by atoms with Gasteiger partial charge in [-0.1, -0.05) is 66.7 Å². The number of carbonyl (C=O) groups excluding carboxylic acids is 1. The molecule has 0 radical (unpaired) electrons. The van der Waals surface area contributed by atoms with E-state index in [1.807, 2.05) is 18.2 Å². The van der Waals surface area contributed by atoms with E-state index in [-0.39, 0.29) is 0 Å². The number of aldehydes is 1. The second-order valence-corrected chi connectivity index (χ2v) is 4.17. The van der Waals surface area contributed by atoms with Crippen molar-refractivity contribution >= 4 is 6.29 Å². The number of hydrogen-bond acceptors (Lipinski definition) is 1. The molecule has 18 heavy (non-hydrogen) atoms. The quantitative estimate of drug-likeness (QED) is 0.567. The molecule has 0 saturated heterocycles. The van der Waals surface area contributed by atoms with Gasteiger partial charge >= 0.3 is 0 Å². The molecule has 0 aliphatic rings. The van der Waals surface area contributed by atoms with Crippen molar-refractivity contribution in [3.63, 3.8) is 0 Å². The molecule has 0 N–H and O–H groups in total. The van der Waals surface area contributed by atoms with Gasteiger partial charge in [0, 0.05) is 5.92 Å². The van der Waals surface area contributed by atoms with Crippen molar-refractivity contribution < 1.29 is 4.79 Å². The summed E-state index contributed by atoms with van der Waals surface area (Å²) in [7, 11) is 0. The lowest BCUT2D eigenvalue weighted by atomic mass is 9.88. The molecule has 0 aromatic heterocycles. The first-order chi connectivity index (χ1) is 8.92. The van der Waals surface area contributed by atoms with E-state index in [9.17, 15) is 4.79 Å². The van der Waals surface area contributed by atoms with Gasteiger partial charge in [-0.2, -0.15) is 0 Å². The minimum atomic E-state index is 0.309. The highest BCUT2D eigenvalue weighted by Gasteiger charge is 2.11. The summed E-state index contributed by atoms with van der Waals surface area (Å²) in [5.74, 6) is 0.309. The van der Waals surface area contributed by atoms with Crippen LogP contribution in [-0.4, -0.2) is 6.29 Å². The molecule has 0 fully saturated rings. The Morgan fingerprint density at radius 1 is 0.833 bits per heavy atom. The van der Waals surface area contributed by atoms with Crippen LogP contribution in [0.3, 0.4) is 0 Å². The first-order valence-electron chi connectivity index (χ1n) is 6.12. The fourth-order valence-electron chi connectivity index (χ4n) is 2.11. The Hall–Kier alpha value is -2.15. The predicted octanol–water partition coefficient (Wildman–Crippen LogP) is 3.96. The van der Waals surface area contributed by atoms with Gasteiger partial charge in [-0.3, -0.25) is 4.79 Å². The van der Waals surface area contributed by atoms with Crippen LogP contribution in [0.2, 0.25) is 0 Å². The summed E-state index contributed by atoms with van der Waals surface area (Å²) in [5, 5.41) is 0. The molecular weight excluding hydrogens is 220 g/mol. The van der Waals surface area contributed by atoms with Crippen LogP contribution in [0.15, 0.2) is 72.8 Å². The van der Waals surface area contributed by atoms with E-state index in [1.54, 1.807) is 6.08 Å². The van der Waals surface area contributed by atoms with Crippen molar-refractivity contribution in [2.45, 2.75) is 12.3 Å². The summed E-state index contributed by atoms with van der Waals surface area (Å²) in [4.78, 5) is 10.4. The maximum atomic E-state index is 10.4. The second-order valence-electron chi connectivity index (χ2n) is 4.17. The lowest BCUT2D eigenvalue weighted by Crippen LogP contribution is -1.99. The van der Waals surface area contributed by atoms with Crippen molar-refractivity contribution in [3.8, 4) is 0 Å². The highest BCUT2D eigenvalue weighted by Crippen LogP contribution is 2.27. The van der Waals surface area contributed by atoms with Crippen LogP contribution in [0.5, 0.6) is 0 Å². The normalized spacial score (nSPS) is 10.9. The summed E-state index contributed by atoms with van der Waals surface area (Å²) in [6.45, 7) is 0. The van der Waals surface area contributed by atoms with E-state index in [2.05, 4.69) is 48.5 Å². The van der Waals surface area contributed by atoms with Gasteiger partial charge < -0.3 is 0 Å². The number of rotatable bonds is 5. The number of carbonyl (C=O) groups is 1. The Morgan fingerprint density at radius 2 is 1.33 bits per heavy atom. The van der Waals surface area contributed by atoms with Gasteiger partial charge in [-0.25, -0.2) is 0 Å². The topological polar surface area (TPSA) is 17.1 Å². The van der Waals surface area contributed by atoms with E-state index in [1.165, 1.54) is 11.1 Å². The van der Waals surface area contributed by atoms with Gasteiger partial charge in [0.05, 0.1) is 0 Å². The third kappa shape index (κ3) is 3.17. The zero-order valence-corrected chi connectivity index (χ0v) is 10.2. The molecule has 2 aromatic rings. The van der Waals surface area contributed by atoms with E-state index >= 15 is 0 Å². The SMILES string of the molecule is O=CC=CCC(c1ccccc1)c1ccccc1. The molecule has 2 rings (SSSR count). The summed E-state index contributed by atoms with van der Waals surface area (Å²) < 4.78 is 0. The van der Waals surface area contributed by atoms with Crippen molar-refractivity contribution in [2.75, 3.05) is 0 Å². The lowest BCUT2D eigenvalue weighted by molar-refractivity contribution is -0.104. The second kappa shape index (κ2) is 6.55. The average Bonchev–Trinajstić information content (AvgIpc) is 2.46. The van der Waals surface area contributed by atoms with Crippen LogP contribution >= 0.6 is 0 Å². The molecule has 0 aliphatic heterocycles. The van der Waals surface area contributed by atoms with Crippen LogP contribution < -0.4 is 0 Å². The third-order valence-corrected chi connectivity index (χ3v) is 2.99. The van der Waals surface area contributed by atoms with Crippen molar-refractivity contribution in [2.24, 2.45) is 0 Å². The van der Waals surface area contributed by atoms with Gasteiger partial charge in [0.1, 0.15) is 6.29 Å². The maximum absolute atomic E-state index is 10.4. The average molecular weight is 236 g/mol. The Morgan fingerprint density at radius 3 is 1.78 bits per heavy atom. The summed E-state index contributed by atoms with van der Waals surface area (Å²) >= 11 is 0. The zero-order valence-electron chi connectivity index (χ0n) is 10.2. The smallest absolute Gasteiger partial charge is 0.142 e. The highest BCUT2D eigenvalue weighted by atomic mass is 16.1. The van der Waals surface area contributed by atoms with E-state index in [4.69, 9.17) is 0 Å². The van der Waals surface area contributed by atoms with Crippen LogP contribution in [0.4, 0.5) is 0 Å². The first-order valence-corrected chi connectivity index (χ1v) is 6.12. The minimum Gasteiger partial charge on any atom is -0.299 e. The zero-order chi connectivity index (χ0) is 12.6. The van der Waals surface area contributed by atoms with Gasteiger partial charge in [-0.15, -0.1) is 0 Å². The fraction of sp³-hybridized carbons (Fsp3) is 0.118. The van der Waals surface area contributed by atoms with E-state index < -0.39 is 0 Å². The third-order valence-electron chi connectivity index (χ3n) is 2.99. The molecule has 0 spiro atoms. The molecule has 0 saturated carbocycles. The van der Waals surface area contributed by atoms with Crippen LogP contribution in [-0.2, 0) is 4.79 Å². The van der Waals surface area contributed by atoms with Crippen molar-refractivity contribution in [1.82, 2.24) is 0 Å². The van der Waals surface area contributed by atoms with Gasteiger partial charge in [-0.05, 0) is 23.6 Å². The van der Waals surface area contributed by atoms with Crippen molar-refractivity contribution in [1.29, 1.82) is 0 Å². The molecule has 0 bridgehead atoms. The van der Waals surface area contributed by atoms with Gasteiger partial charge in [0.25, 0.3) is 0 Å². The molecular formula is C17H16O. The Bertz CT molecular complexity index is 460. The fourth-order valence-corrected chi connectivity index (χ4v) is 2.11. The molecule has 2 aromatic carbocycles. The summed E-state index contributed by atoms with van der Waals surface area (Å²) in [5.41, 5.74) is 2.55. The summed E-state index contributed by atoms with van der Waals surface area (Å²) in [6.07, 6.45) is 5.16. The molecule has 0 atom stereocenters. The molecule has 0 aliphatic carbocycles. The van der Waals surface area contributed by atoms with E-state index in [0.29, 0.717) is 5.92 Å². The Labute approximate surface area is 108 Å². The van der Waals surface area contributed by atoms with Crippen LogP contribution in [0, 0.1) is 0 Å². The van der Waals surface area contributed by atoms with Gasteiger partial charge in [0.15, 0.2) is 0 Å². The highest BCUT2D eigenvalue weighted by molar-refractivity contribution is 5.64. The number of allylic oxidation sites excluding steroid dienone is 2. The molecule has 90 valence electrons. The standard InChI is InChI=1S/C17H16O/c18-14-8-7-13-17(15-9-3-1-4-10-15)16-11-5-2-6-12-16/h1-12,14,17H,13H2. The molecule has 0 heterocycles. The Kier molecular flexibility index (Phi) is 4.48. The Balaban J connectivity index is 2.29. The predicted molar refractivity (Wildman–Crippen MR) is 74.5 cm³/mol. The molecule has 0 unspecified atom stereocenters. The van der Waals surface area contributed by atoms with E-state index in [0.717, 1.165) is 12.7 Å². The number of benzene rings is 2. The molecule has 1 nitrogen and oxygen atoms in total. The van der Waals surface area contributed by atoms with Crippen LogP contribution in [0.1, 0.15) is 23.5 Å². The first kappa shape index (κ1) is 12.3. The van der Waals surface area contributed by atoms with Crippen LogP contribution in [0.25, 0.3) is 0 Å². The molecule has 0 amide bonds. The maximum Gasteiger partial charge on any atom is 0.142 e. The summed E-state index contributed by atoms with van der Waals surface area (Å²) in [6, 6.07) is 20.8. The monoisotopic (exact) mass is 236 g/mol.